The van der Waals surface area contributed by atoms with Crippen LogP contribution in [0.4, 0.5) is 0 Å². The van der Waals surface area contributed by atoms with Crippen LogP contribution in [-0.2, 0) is 4.74 Å². The number of hydrogen-bond acceptors (Lipinski definition) is 3. The quantitative estimate of drug-likeness (QED) is 0.832. The number of hydrogen-bond donors (Lipinski definition) is 1. The number of nitrogens with zero attached hydrogens (tertiary/aromatic N) is 1. The summed E-state index contributed by atoms with van der Waals surface area (Å²) in [6, 6.07) is 1.39. The summed E-state index contributed by atoms with van der Waals surface area (Å²) >= 11 is 0. The van der Waals surface area contributed by atoms with Gasteiger partial charge in [0.25, 0.3) is 0 Å². The van der Waals surface area contributed by atoms with Crippen LogP contribution in [0.15, 0.2) is 0 Å². The second-order valence-electron chi connectivity index (χ2n) is 6.36. The number of rotatable bonds is 4. The molecule has 106 valence electrons. The van der Waals surface area contributed by atoms with Crippen molar-refractivity contribution in [2.45, 2.75) is 52.1 Å². The van der Waals surface area contributed by atoms with Gasteiger partial charge in [0.05, 0.1) is 6.61 Å². The van der Waals surface area contributed by atoms with Crippen molar-refractivity contribution in [3.05, 3.63) is 0 Å². The first-order valence-electron chi connectivity index (χ1n) is 7.75. The molecule has 2 saturated heterocycles. The van der Waals surface area contributed by atoms with E-state index in [2.05, 4.69) is 31.0 Å². The fourth-order valence-electron chi connectivity index (χ4n) is 3.24. The van der Waals surface area contributed by atoms with E-state index >= 15 is 0 Å². The van der Waals surface area contributed by atoms with Gasteiger partial charge in [0.2, 0.25) is 0 Å². The Bertz CT molecular complexity index is 239. The van der Waals surface area contributed by atoms with Gasteiger partial charge in [0.1, 0.15) is 0 Å². The zero-order valence-electron chi connectivity index (χ0n) is 12.3. The van der Waals surface area contributed by atoms with E-state index in [-0.39, 0.29) is 0 Å². The third-order valence-corrected chi connectivity index (χ3v) is 4.59. The van der Waals surface area contributed by atoms with E-state index in [1.807, 2.05) is 0 Å². The topological polar surface area (TPSA) is 24.5 Å². The minimum Gasteiger partial charge on any atom is -0.381 e. The van der Waals surface area contributed by atoms with E-state index in [1.54, 1.807) is 0 Å². The molecule has 2 aliphatic heterocycles. The summed E-state index contributed by atoms with van der Waals surface area (Å²) in [7, 11) is 0. The van der Waals surface area contributed by atoms with Crippen LogP contribution in [0.1, 0.15) is 40.0 Å². The maximum absolute atomic E-state index is 5.62. The van der Waals surface area contributed by atoms with Crippen molar-refractivity contribution in [1.29, 1.82) is 0 Å². The highest BCUT2D eigenvalue weighted by molar-refractivity contribution is 4.88. The monoisotopic (exact) mass is 254 g/mol. The molecule has 18 heavy (non-hydrogen) atoms. The highest BCUT2D eigenvalue weighted by Gasteiger charge is 2.30. The summed E-state index contributed by atoms with van der Waals surface area (Å²) in [6.07, 6.45) is 3.86. The molecule has 1 N–H and O–H groups in total. The molecule has 3 heteroatoms. The lowest BCUT2D eigenvalue weighted by Crippen LogP contribution is -2.59. The molecule has 0 saturated carbocycles. The van der Waals surface area contributed by atoms with Crippen molar-refractivity contribution in [3.63, 3.8) is 0 Å². The SMILES string of the molecule is CCC1CNC(C(C)C)CN1CC1CCCOC1. The largest absolute Gasteiger partial charge is 0.381 e. The van der Waals surface area contributed by atoms with Crippen LogP contribution in [0.5, 0.6) is 0 Å². The third-order valence-electron chi connectivity index (χ3n) is 4.59. The highest BCUT2D eigenvalue weighted by atomic mass is 16.5. The van der Waals surface area contributed by atoms with Gasteiger partial charge < -0.3 is 10.1 Å². The molecule has 0 aromatic heterocycles. The molecule has 2 rings (SSSR count). The lowest BCUT2D eigenvalue weighted by Gasteiger charge is -2.43. The van der Waals surface area contributed by atoms with E-state index < -0.39 is 0 Å². The number of ether oxygens (including phenoxy) is 1. The van der Waals surface area contributed by atoms with Crippen LogP contribution in [0, 0.1) is 11.8 Å². The van der Waals surface area contributed by atoms with E-state index in [4.69, 9.17) is 4.74 Å². The first-order valence-corrected chi connectivity index (χ1v) is 7.75. The van der Waals surface area contributed by atoms with Crippen molar-refractivity contribution in [1.82, 2.24) is 10.2 Å². The van der Waals surface area contributed by atoms with Gasteiger partial charge in [0, 0.05) is 38.3 Å². The first kappa shape index (κ1) is 14.3. The summed E-state index contributed by atoms with van der Waals surface area (Å²) in [5, 5.41) is 3.71. The Morgan fingerprint density at radius 3 is 2.83 bits per heavy atom. The number of nitrogens with one attached hydrogen (secondary N) is 1. The summed E-state index contributed by atoms with van der Waals surface area (Å²) < 4.78 is 5.62. The smallest absolute Gasteiger partial charge is 0.0506 e. The summed E-state index contributed by atoms with van der Waals surface area (Å²) in [5.41, 5.74) is 0. The molecule has 2 fully saturated rings. The van der Waals surface area contributed by atoms with Crippen LogP contribution < -0.4 is 5.32 Å². The van der Waals surface area contributed by atoms with Crippen molar-refractivity contribution in [2.75, 3.05) is 32.8 Å². The van der Waals surface area contributed by atoms with E-state index in [1.165, 1.54) is 32.4 Å². The molecule has 0 bridgehead atoms. The van der Waals surface area contributed by atoms with Gasteiger partial charge in [-0.2, -0.15) is 0 Å². The molecule has 0 aliphatic carbocycles. The molecule has 3 nitrogen and oxygen atoms in total. The zero-order chi connectivity index (χ0) is 13.0. The Hall–Kier alpha value is -0.120. The maximum Gasteiger partial charge on any atom is 0.0506 e. The van der Waals surface area contributed by atoms with Crippen LogP contribution in [0.2, 0.25) is 0 Å². The fraction of sp³-hybridized carbons (Fsp3) is 1.00. The molecular formula is C15H30N2O. The first-order chi connectivity index (χ1) is 8.70. The fourth-order valence-corrected chi connectivity index (χ4v) is 3.24. The minimum absolute atomic E-state index is 0.664. The van der Waals surface area contributed by atoms with Crippen molar-refractivity contribution in [3.8, 4) is 0 Å². The molecule has 3 unspecified atom stereocenters. The Morgan fingerprint density at radius 1 is 1.39 bits per heavy atom. The minimum atomic E-state index is 0.664. The van der Waals surface area contributed by atoms with Crippen LogP contribution in [0.25, 0.3) is 0 Å². The average molecular weight is 254 g/mol. The van der Waals surface area contributed by atoms with Crippen molar-refractivity contribution >= 4 is 0 Å². The Balaban J connectivity index is 1.88. The maximum atomic E-state index is 5.62. The van der Waals surface area contributed by atoms with Crippen molar-refractivity contribution in [2.24, 2.45) is 11.8 Å². The molecule has 0 radical (unpaired) electrons. The summed E-state index contributed by atoms with van der Waals surface area (Å²) in [4.78, 5) is 2.72. The molecule has 0 spiro atoms. The second-order valence-corrected chi connectivity index (χ2v) is 6.36. The normalized spacial score (nSPS) is 35.0. The predicted octanol–water partition coefficient (Wildman–Crippen LogP) is 2.12. The molecule has 0 aromatic carbocycles. The van der Waals surface area contributed by atoms with Gasteiger partial charge in [-0.25, -0.2) is 0 Å². The Labute approximate surface area is 112 Å². The standard InChI is InChI=1S/C15H30N2O/c1-4-14-8-16-15(12(2)3)10-17(14)9-13-6-5-7-18-11-13/h12-16H,4-11H2,1-3H3. The number of piperazine rings is 1. The molecule has 3 atom stereocenters. The summed E-state index contributed by atoms with van der Waals surface area (Å²) in [5.74, 6) is 1.49. The zero-order valence-corrected chi connectivity index (χ0v) is 12.3. The van der Waals surface area contributed by atoms with E-state index in [9.17, 15) is 0 Å². The second kappa shape index (κ2) is 6.88. The highest BCUT2D eigenvalue weighted by Crippen LogP contribution is 2.20. The van der Waals surface area contributed by atoms with Crippen LogP contribution in [0.3, 0.4) is 0 Å². The predicted molar refractivity (Wildman–Crippen MR) is 75.8 cm³/mol. The van der Waals surface area contributed by atoms with Gasteiger partial charge in [-0.05, 0) is 31.1 Å². The molecule has 0 amide bonds. The van der Waals surface area contributed by atoms with Crippen LogP contribution >= 0.6 is 0 Å². The van der Waals surface area contributed by atoms with E-state index in [0.717, 1.165) is 37.6 Å². The van der Waals surface area contributed by atoms with Gasteiger partial charge in [-0.3, -0.25) is 4.90 Å². The summed E-state index contributed by atoms with van der Waals surface area (Å²) in [6.45, 7) is 12.5. The lowest BCUT2D eigenvalue weighted by atomic mass is 9.95. The van der Waals surface area contributed by atoms with Crippen molar-refractivity contribution < 1.29 is 4.74 Å². The Morgan fingerprint density at radius 2 is 2.22 bits per heavy atom. The van der Waals surface area contributed by atoms with Gasteiger partial charge in [0.15, 0.2) is 0 Å². The van der Waals surface area contributed by atoms with Crippen LogP contribution in [-0.4, -0.2) is 49.8 Å². The Kier molecular flexibility index (Phi) is 5.46. The van der Waals surface area contributed by atoms with Gasteiger partial charge in [-0.1, -0.05) is 20.8 Å². The molecule has 2 aliphatic rings. The molecule has 2 heterocycles. The molecular weight excluding hydrogens is 224 g/mol. The molecule has 0 aromatic rings. The van der Waals surface area contributed by atoms with Gasteiger partial charge >= 0.3 is 0 Å². The van der Waals surface area contributed by atoms with E-state index in [0.29, 0.717) is 6.04 Å². The average Bonchev–Trinajstić information content (AvgIpc) is 2.39. The van der Waals surface area contributed by atoms with Gasteiger partial charge in [-0.15, -0.1) is 0 Å². The third kappa shape index (κ3) is 3.69. The lowest BCUT2D eigenvalue weighted by molar-refractivity contribution is 0.0184.